The Balaban J connectivity index is 1.97. The second-order valence-electron chi connectivity index (χ2n) is 4.60. The highest BCUT2D eigenvalue weighted by atomic mass is 32.2. The van der Waals surface area contributed by atoms with Crippen LogP contribution in [0.25, 0.3) is 11.0 Å². The Labute approximate surface area is 125 Å². The number of hydrogen-bond acceptors (Lipinski definition) is 5. The molecule has 0 aliphatic carbocycles. The van der Waals surface area contributed by atoms with E-state index < -0.39 is 15.8 Å². The monoisotopic (exact) mass is 324 g/mol. The Kier molecular flexibility index (Phi) is 3.59. The first kappa shape index (κ1) is 14.5. The summed E-state index contributed by atoms with van der Waals surface area (Å²) in [6, 6.07) is 3.66. The summed E-state index contributed by atoms with van der Waals surface area (Å²) in [6.45, 7) is 0.867. The number of furan rings is 1. The average molecular weight is 324 g/mol. The maximum atomic E-state index is 13.6. The molecule has 0 radical (unpaired) electrons. The lowest BCUT2D eigenvalue weighted by Crippen LogP contribution is -2.13. The maximum Gasteiger partial charge on any atom is 0.262 e. The largest absolute Gasteiger partial charge is 0.461 e. The maximum absolute atomic E-state index is 13.6. The molecule has 0 aliphatic heterocycles. The Morgan fingerprint density at radius 2 is 2.18 bits per heavy atom. The van der Waals surface area contributed by atoms with Crippen molar-refractivity contribution in [2.24, 2.45) is 5.73 Å². The molecule has 2 aromatic heterocycles. The van der Waals surface area contributed by atoms with Crippen molar-refractivity contribution in [2.75, 3.05) is 11.3 Å². The van der Waals surface area contributed by atoms with Crippen LogP contribution in [0.2, 0.25) is 0 Å². The molecule has 0 aliphatic rings. The standard InChI is InChI=1S/C13H13FN4O3S/c14-11-1-2-12(10-3-6-21-13(10)11)22(19,20)17-9-7-16-18(8-9)5-4-15/h1-3,6-8,17H,4-5,15H2. The van der Waals surface area contributed by atoms with Crippen molar-refractivity contribution in [3.8, 4) is 0 Å². The van der Waals surface area contributed by atoms with Gasteiger partial charge in [0.25, 0.3) is 10.0 Å². The zero-order valence-corrected chi connectivity index (χ0v) is 12.2. The smallest absolute Gasteiger partial charge is 0.262 e. The topological polar surface area (TPSA) is 103 Å². The zero-order valence-electron chi connectivity index (χ0n) is 11.4. The Hall–Kier alpha value is -2.39. The molecule has 0 bridgehead atoms. The molecule has 22 heavy (non-hydrogen) atoms. The van der Waals surface area contributed by atoms with Gasteiger partial charge in [-0.05, 0) is 18.2 Å². The number of rotatable bonds is 5. The Bertz CT molecular complexity index is 916. The van der Waals surface area contributed by atoms with Gasteiger partial charge in [0.15, 0.2) is 11.4 Å². The van der Waals surface area contributed by atoms with Gasteiger partial charge in [-0.2, -0.15) is 5.10 Å². The van der Waals surface area contributed by atoms with Gasteiger partial charge in [0.2, 0.25) is 0 Å². The number of fused-ring (bicyclic) bond motifs is 1. The summed E-state index contributed by atoms with van der Waals surface area (Å²) < 4.78 is 47.4. The average Bonchev–Trinajstić information content (AvgIpc) is 3.09. The number of halogens is 1. The first-order valence-electron chi connectivity index (χ1n) is 6.42. The minimum Gasteiger partial charge on any atom is -0.461 e. The van der Waals surface area contributed by atoms with Crippen LogP contribution >= 0.6 is 0 Å². The highest BCUT2D eigenvalue weighted by Gasteiger charge is 2.21. The summed E-state index contributed by atoms with van der Waals surface area (Å²) in [5.41, 5.74) is 5.61. The van der Waals surface area contributed by atoms with Gasteiger partial charge >= 0.3 is 0 Å². The van der Waals surface area contributed by atoms with Crippen LogP contribution in [0.15, 0.2) is 46.2 Å². The zero-order chi connectivity index (χ0) is 15.7. The number of anilines is 1. The van der Waals surface area contributed by atoms with Crippen LogP contribution in [0.5, 0.6) is 0 Å². The van der Waals surface area contributed by atoms with Crippen molar-refractivity contribution < 1.29 is 17.2 Å². The number of nitrogens with two attached hydrogens (primary N) is 1. The van der Waals surface area contributed by atoms with Gasteiger partial charge in [0.1, 0.15) is 0 Å². The highest BCUT2D eigenvalue weighted by molar-refractivity contribution is 7.93. The number of nitrogens with one attached hydrogen (secondary N) is 1. The van der Waals surface area contributed by atoms with E-state index in [1.54, 1.807) is 0 Å². The van der Waals surface area contributed by atoms with Crippen molar-refractivity contribution in [3.63, 3.8) is 0 Å². The number of nitrogens with zero attached hydrogens (tertiary/aromatic N) is 2. The van der Waals surface area contributed by atoms with Crippen molar-refractivity contribution in [1.29, 1.82) is 0 Å². The van der Waals surface area contributed by atoms with Crippen molar-refractivity contribution in [2.45, 2.75) is 11.4 Å². The van der Waals surface area contributed by atoms with Gasteiger partial charge in [-0.25, -0.2) is 12.8 Å². The van der Waals surface area contributed by atoms with Gasteiger partial charge in [0.05, 0.1) is 29.6 Å². The third-order valence-corrected chi connectivity index (χ3v) is 4.50. The van der Waals surface area contributed by atoms with Gasteiger partial charge < -0.3 is 10.2 Å². The molecule has 9 heteroatoms. The molecule has 3 rings (SSSR count). The van der Waals surface area contributed by atoms with Crippen molar-refractivity contribution in [3.05, 3.63) is 42.7 Å². The molecule has 1 aromatic carbocycles. The molecular formula is C13H13FN4O3S. The van der Waals surface area contributed by atoms with E-state index in [9.17, 15) is 12.8 Å². The van der Waals surface area contributed by atoms with Crippen molar-refractivity contribution >= 4 is 26.7 Å². The second kappa shape index (κ2) is 5.43. The molecule has 0 saturated carbocycles. The number of aromatic nitrogens is 2. The van der Waals surface area contributed by atoms with Gasteiger partial charge in [0, 0.05) is 18.1 Å². The van der Waals surface area contributed by atoms with E-state index in [1.165, 1.54) is 35.5 Å². The summed E-state index contributed by atoms with van der Waals surface area (Å²) in [4.78, 5) is -0.0655. The molecule has 0 unspecified atom stereocenters. The number of sulfonamides is 1. The molecule has 116 valence electrons. The van der Waals surface area contributed by atoms with Crippen LogP contribution in [-0.2, 0) is 16.6 Å². The summed E-state index contributed by atoms with van der Waals surface area (Å²) in [5.74, 6) is -0.616. The SMILES string of the molecule is NCCn1cc(NS(=O)(=O)c2ccc(F)c3occc23)cn1. The third kappa shape index (κ3) is 2.55. The van der Waals surface area contributed by atoms with E-state index in [1.807, 2.05) is 0 Å². The molecule has 3 aromatic rings. The lowest BCUT2D eigenvalue weighted by Gasteiger charge is -2.07. The lowest BCUT2D eigenvalue weighted by molar-refractivity contribution is 0.559. The molecule has 0 atom stereocenters. The number of hydrogen-bond donors (Lipinski definition) is 2. The molecular weight excluding hydrogens is 311 g/mol. The predicted octanol–water partition coefficient (Wildman–Crippen LogP) is 1.53. The summed E-state index contributed by atoms with van der Waals surface area (Å²) in [5, 5.41) is 4.16. The molecule has 0 saturated heterocycles. The quantitative estimate of drug-likeness (QED) is 0.741. The van der Waals surface area contributed by atoms with Gasteiger partial charge in [-0.3, -0.25) is 9.40 Å². The first-order chi connectivity index (χ1) is 10.5. The normalized spacial score (nSPS) is 11.9. The molecule has 7 nitrogen and oxygen atoms in total. The van der Waals surface area contributed by atoms with Crippen LogP contribution in [0.3, 0.4) is 0 Å². The third-order valence-electron chi connectivity index (χ3n) is 3.06. The minimum atomic E-state index is -3.89. The van der Waals surface area contributed by atoms with Crippen LogP contribution in [0, 0.1) is 5.82 Å². The fourth-order valence-electron chi connectivity index (χ4n) is 2.12. The van der Waals surface area contributed by atoms with E-state index in [0.717, 1.165) is 6.07 Å². The van der Waals surface area contributed by atoms with Gasteiger partial charge in [-0.15, -0.1) is 0 Å². The van der Waals surface area contributed by atoms with Crippen LogP contribution in [0.4, 0.5) is 10.1 Å². The van der Waals surface area contributed by atoms with E-state index in [0.29, 0.717) is 18.8 Å². The van der Waals surface area contributed by atoms with Gasteiger partial charge in [-0.1, -0.05) is 0 Å². The Morgan fingerprint density at radius 1 is 1.36 bits per heavy atom. The molecule has 0 fully saturated rings. The van der Waals surface area contributed by atoms with E-state index >= 15 is 0 Å². The van der Waals surface area contributed by atoms with Crippen LogP contribution in [0.1, 0.15) is 0 Å². The van der Waals surface area contributed by atoms with E-state index in [4.69, 9.17) is 10.2 Å². The second-order valence-corrected chi connectivity index (χ2v) is 6.25. The lowest BCUT2D eigenvalue weighted by atomic mass is 10.2. The predicted molar refractivity (Wildman–Crippen MR) is 78.3 cm³/mol. The van der Waals surface area contributed by atoms with Crippen LogP contribution in [-0.4, -0.2) is 24.7 Å². The van der Waals surface area contributed by atoms with E-state index in [2.05, 4.69) is 9.82 Å². The summed E-state index contributed by atoms with van der Waals surface area (Å²) in [7, 11) is -3.89. The molecule has 3 N–H and O–H groups in total. The van der Waals surface area contributed by atoms with Crippen molar-refractivity contribution in [1.82, 2.24) is 9.78 Å². The fourth-order valence-corrected chi connectivity index (χ4v) is 3.34. The summed E-state index contributed by atoms with van der Waals surface area (Å²) in [6.07, 6.45) is 4.15. The summed E-state index contributed by atoms with van der Waals surface area (Å²) >= 11 is 0. The minimum absolute atomic E-state index is 0.0655. The highest BCUT2D eigenvalue weighted by Crippen LogP contribution is 2.27. The van der Waals surface area contributed by atoms with Crippen LogP contribution < -0.4 is 10.5 Å². The first-order valence-corrected chi connectivity index (χ1v) is 7.90. The Morgan fingerprint density at radius 3 is 2.95 bits per heavy atom. The molecule has 0 spiro atoms. The molecule has 2 heterocycles. The fraction of sp³-hybridized carbons (Fsp3) is 0.154. The molecule has 0 amide bonds. The van der Waals surface area contributed by atoms with E-state index in [-0.39, 0.29) is 15.9 Å². The number of benzene rings is 1.